The largest absolute Gasteiger partial charge is 0.508 e. The van der Waals surface area contributed by atoms with Crippen LogP contribution in [0.15, 0.2) is 85.2 Å². The Hall–Kier alpha value is -4.36. The highest BCUT2D eigenvalue weighted by atomic mass is 16.3. The number of H-pyrrole nitrogens is 2. The maximum absolute atomic E-state index is 13.9. The Morgan fingerprint density at radius 1 is 0.868 bits per heavy atom. The van der Waals surface area contributed by atoms with Crippen molar-refractivity contribution in [2.24, 2.45) is 0 Å². The van der Waals surface area contributed by atoms with Crippen molar-refractivity contribution in [1.82, 2.24) is 19.8 Å². The molecule has 192 valence electrons. The predicted octanol–water partition coefficient (Wildman–Crippen LogP) is 4.54. The minimum Gasteiger partial charge on any atom is -0.508 e. The quantitative estimate of drug-likeness (QED) is 0.270. The molecule has 1 amide bonds. The zero-order valence-corrected chi connectivity index (χ0v) is 21.1. The first-order valence-electron chi connectivity index (χ1n) is 13.0. The van der Waals surface area contributed by atoms with Crippen molar-refractivity contribution in [3.8, 4) is 5.75 Å². The number of fused-ring (bicyclic) bond motifs is 2. The average molecular weight is 507 g/mol. The van der Waals surface area contributed by atoms with E-state index in [9.17, 15) is 14.7 Å². The van der Waals surface area contributed by atoms with Gasteiger partial charge in [-0.3, -0.25) is 14.5 Å². The van der Waals surface area contributed by atoms with E-state index in [-0.39, 0.29) is 24.0 Å². The summed E-state index contributed by atoms with van der Waals surface area (Å²) in [5.74, 6) is 0.292. The predicted molar refractivity (Wildman–Crippen MR) is 148 cm³/mol. The number of nitrogens with zero attached hydrogens (tertiary/aromatic N) is 2. The van der Waals surface area contributed by atoms with Crippen LogP contribution in [0.3, 0.4) is 0 Å². The third kappa shape index (κ3) is 4.68. The number of ketones is 1. The molecule has 0 radical (unpaired) electrons. The molecule has 0 spiro atoms. The maximum Gasteiger partial charge on any atom is 0.240 e. The summed E-state index contributed by atoms with van der Waals surface area (Å²) in [6.07, 6.45) is 4.99. The number of phenolic OH excluding ortho intramolecular Hbond substituents is 1. The Kier molecular flexibility index (Phi) is 6.43. The molecule has 1 unspecified atom stereocenters. The van der Waals surface area contributed by atoms with Crippen molar-refractivity contribution in [1.29, 1.82) is 0 Å². The SMILES string of the molecule is O=C(CN1CCN(CCc2ccc(O)cc2)C(=O)C1Cc1c[nH]c2ccccc12)c1c[nH]c2ccccc12. The molecule has 1 saturated heterocycles. The molecule has 0 aliphatic carbocycles. The van der Waals surface area contributed by atoms with Crippen molar-refractivity contribution < 1.29 is 14.7 Å². The molecular formula is C31H30N4O3. The van der Waals surface area contributed by atoms with Gasteiger partial charge in [0.2, 0.25) is 5.91 Å². The van der Waals surface area contributed by atoms with Crippen LogP contribution < -0.4 is 0 Å². The summed E-state index contributed by atoms with van der Waals surface area (Å²) >= 11 is 0. The molecule has 0 bridgehead atoms. The number of aromatic hydroxyl groups is 1. The fraction of sp³-hybridized carbons (Fsp3) is 0.226. The van der Waals surface area contributed by atoms with E-state index < -0.39 is 6.04 Å². The number of para-hydroxylation sites is 2. The molecule has 7 nitrogen and oxygen atoms in total. The summed E-state index contributed by atoms with van der Waals surface area (Å²) in [5.41, 5.74) is 4.77. The topological polar surface area (TPSA) is 92.4 Å². The van der Waals surface area contributed by atoms with Gasteiger partial charge in [0.15, 0.2) is 5.78 Å². The first kappa shape index (κ1) is 24.0. The van der Waals surface area contributed by atoms with Gasteiger partial charge in [-0.2, -0.15) is 0 Å². The minimum atomic E-state index is -0.433. The smallest absolute Gasteiger partial charge is 0.240 e. The van der Waals surface area contributed by atoms with Gasteiger partial charge in [-0.1, -0.05) is 48.5 Å². The molecule has 3 heterocycles. The molecule has 1 aliphatic heterocycles. The first-order chi connectivity index (χ1) is 18.6. The van der Waals surface area contributed by atoms with Crippen molar-refractivity contribution in [3.05, 3.63) is 102 Å². The van der Waals surface area contributed by atoms with E-state index in [1.54, 1.807) is 18.3 Å². The Balaban J connectivity index is 1.24. The molecule has 1 atom stereocenters. The number of aromatic amines is 2. The number of phenols is 1. The van der Waals surface area contributed by atoms with E-state index in [0.717, 1.165) is 32.9 Å². The summed E-state index contributed by atoms with van der Waals surface area (Å²) in [7, 11) is 0. The Bertz CT molecular complexity index is 1600. The minimum absolute atomic E-state index is 0.0109. The van der Waals surface area contributed by atoms with Crippen molar-refractivity contribution in [2.45, 2.75) is 18.9 Å². The van der Waals surface area contributed by atoms with Gasteiger partial charge in [0.05, 0.1) is 12.6 Å². The molecule has 6 rings (SSSR count). The van der Waals surface area contributed by atoms with E-state index in [4.69, 9.17) is 0 Å². The monoisotopic (exact) mass is 506 g/mol. The molecule has 3 N–H and O–H groups in total. The standard InChI is InChI=1S/C31H30N4O3/c36-23-11-9-21(10-12-23)13-14-34-15-16-35(20-30(37)26-19-33-28-8-4-2-6-25(26)28)29(31(34)38)17-22-18-32-27-7-3-1-5-24(22)27/h1-12,18-19,29,32-33,36H,13-17,20H2. The lowest BCUT2D eigenvalue weighted by atomic mass is 9.99. The van der Waals surface area contributed by atoms with Crippen LogP contribution in [0, 0.1) is 0 Å². The van der Waals surface area contributed by atoms with Crippen molar-refractivity contribution >= 4 is 33.5 Å². The average Bonchev–Trinajstić information content (AvgIpc) is 3.56. The fourth-order valence-electron chi connectivity index (χ4n) is 5.52. The van der Waals surface area contributed by atoms with Crippen LogP contribution in [-0.4, -0.2) is 68.8 Å². The second-order valence-electron chi connectivity index (χ2n) is 9.96. The molecule has 3 aromatic carbocycles. The second-order valence-corrected chi connectivity index (χ2v) is 9.96. The molecule has 38 heavy (non-hydrogen) atoms. The number of carbonyl (C=O) groups is 2. The van der Waals surface area contributed by atoms with Gasteiger partial charge in [-0.05, 0) is 48.2 Å². The maximum atomic E-state index is 13.9. The Morgan fingerprint density at radius 2 is 1.55 bits per heavy atom. The second kappa shape index (κ2) is 10.2. The molecule has 0 saturated carbocycles. The lowest BCUT2D eigenvalue weighted by Gasteiger charge is -2.40. The Morgan fingerprint density at radius 3 is 2.34 bits per heavy atom. The number of rotatable bonds is 8. The van der Waals surface area contributed by atoms with Gasteiger partial charge in [-0.25, -0.2) is 0 Å². The van der Waals surface area contributed by atoms with Gasteiger partial charge in [0, 0.05) is 59.4 Å². The van der Waals surface area contributed by atoms with E-state index in [2.05, 4.69) is 16.0 Å². The number of nitrogens with one attached hydrogen (secondary N) is 2. The van der Waals surface area contributed by atoms with Gasteiger partial charge >= 0.3 is 0 Å². The zero-order valence-electron chi connectivity index (χ0n) is 21.1. The van der Waals surface area contributed by atoms with Gasteiger partial charge in [0.1, 0.15) is 5.75 Å². The lowest BCUT2D eigenvalue weighted by Crippen LogP contribution is -2.59. The number of hydrogen-bond donors (Lipinski definition) is 3. The van der Waals surface area contributed by atoms with Crippen LogP contribution in [0.2, 0.25) is 0 Å². The number of hydrogen-bond acceptors (Lipinski definition) is 4. The molecule has 2 aromatic heterocycles. The van der Waals surface area contributed by atoms with Crippen LogP contribution in [-0.2, 0) is 17.6 Å². The summed E-state index contributed by atoms with van der Waals surface area (Å²) in [6, 6.07) is 22.6. The molecule has 7 heteroatoms. The molecule has 5 aromatic rings. The summed E-state index contributed by atoms with van der Waals surface area (Å²) in [4.78, 5) is 37.8. The van der Waals surface area contributed by atoms with Gasteiger partial charge in [-0.15, -0.1) is 0 Å². The fourth-order valence-corrected chi connectivity index (χ4v) is 5.52. The number of piperazine rings is 1. The number of aromatic nitrogens is 2. The van der Waals surface area contributed by atoms with Gasteiger partial charge in [0.25, 0.3) is 0 Å². The highest BCUT2D eigenvalue weighted by Gasteiger charge is 2.36. The van der Waals surface area contributed by atoms with E-state index in [1.165, 1.54) is 0 Å². The van der Waals surface area contributed by atoms with Crippen LogP contribution in [0.25, 0.3) is 21.8 Å². The highest BCUT2D eigenvalue weighted by Crippen LogP contribution is 2.25. The third-order valence-electron chi connectivity index (χ3n) is 7.63. The number of Topliss-reactive ketones (excluding diaryl/α,β-unsaturated/α-hetero) is 1. The zero-order chi connectivity index (χ0) is 26.1. The lowest BCUT2D eigenvalue weighted by molar-refractivity contribution is -0.141. The highest BCUT2D eigenvalue weighted by molar-refractivity contribution is 6.09. The summed E-state index contributed by atoms with van der Waals surface area (Å²) < 4.78 is 0. The van der Waals surface area contributed by atoms with Crippen molar-refractivity contribution in [3.63, 3.8) is 0 Å². The van der Waals surface area contributed by atoms with Crippen LogP contribution in [0.1, 0.15) is 21.5 Å². The molecular weight excluding hydrogens is 476 g/mol. The number of carbonyl (C=O) groups excluding carboxylic acids is 2. The van der Waals surface area contributed by atoms with Crippen LogP contribution >= 0.6 is 0 Å². The number of amides is 1. The Labute approximate surface area is 220 Å². The van der Waals surface area contributed by atoms with Crippen LogP contribution in [0.4, 0.5) is 0 Å². The van der Waals surface area contributed by atoms with Crippen LogP contribution in [0.5, 0.6) is 5.75 Å². The third-order valence-corrected chi connectivity index (χ3v) is 7.63. The van der Waals surface area contributed by atoms with Gasteiger partial charge < -0.3 is 20.0 Å². The van der Waals surface area contributed by atoms with E-state index in [0.29, 0.717) is 38.0 Å². The summed E-state index contributed by atoms with van der Waals surface area (Å²) in [5, 5.41) is 11.6. The summed E-state index contributed by atoms with van der Waals surface area (Å²) in [6.45, 7) is 1.98. The molecule has 1 aliphatic rings. The first-order valence-corrected chi connectivity index (χ1v) is 13.0. The van der Waals surface area contributed by atoms with E-state index >= 15 is 0 Å². The van der Waals surface area contributed by atoms with Crippen molar-refractivity contribution in [2.75, 3.05) is 26.2 Å². The normalized spacial score (nSPS) is 16.5. The van der Waals surface area contributed by atoms with E-state index in [1.807, 2.05) is 70.6 Å². The molecule has 1 fully saturated rings. The number of benzene rings is 3.